The van der Waals surface area contributed by atoms with Crippen LogP contribution >= 0.6 is 0 Å². The maximum atomic E-state index is 11.6. The normalized spacial score (nSPS) is 12.5. The number of carbonyl (C=O) groups is 1. The average molecular weight is 440 g/mol. The second kappa shape index (κ2) is 16.0. The van der Waals surface area contributed by atoms with Crippen molar-refractivity contribution in [1.82, 2.24) is 5.32 Å². The molecule has 0 saturated heterocycles. The summed E-state index contributed by atoms with van der Waals surface area (Å²) in [5.41, 5.74) is 0.291. The van der Waals surface area contributed by atoms with Crippen LogP contribution in [0.2, 0.25) is 0 Å². The minimum atomic E-state index is -3.18. The third-order valence-corrected chi connectivity index (χ3v) is 6.22. The van der Waals surface area contributed by atoms with Gasteiger partial charge in [0.05, 0.1) is 57.3 Å². The lowest BCUT2D eigenvalue weighted by atomic mass is 9.93. The molecule has 1 amide bonds. The number of carbonyl (C=O) groups excluding carboxylic acids is 1. The van der Waals surface area contributed by atoms with E-state index < -0.39 is 15.1 Å². The van der Waals surface area contributed by atoms with Crippen molar-refractivity contribution in [3.63, 3.8) is 0 Å². The Hall–Kier alpha value is -0.740. The molecule has 0 unspecified atom stereocenters. The molecule has 1 N–H and O–H groups in total. The Balaban J connectivity index is 3.33. The van der Waals surface area contributed by atoms with Gasteiger partial charge in [-0.3, -0.25) is 4.79 Å². The van der Waals surface area contributed by atoms with Crippen LogP contribution in [-0.2, 0) is 33.6 Å². The summed E-state index contributed by atoms with van der Waals surface area (Å²) in [6.45, 7) is 14.3. The van der Waals surface area contributed by atoms with Crippen molar-refractivity contribution in [2.45, 2.75) is 52.7 Å². The van der Waals surface area contributed by atoms with Crippen molar-refractivity contribution in [2.75, 3.05) is 65.2 Å². The second-order valence-corrected chi connectivity index (χ2v) is 11.0. The van der Waals surface area contributed by atoms with Crippen molar-refractivity contribution in [2.24, 2.45) is 5.41 Å². The Morgan fingerprint density at radius 2 is 1.28 bits per heavy atom. The molecule has 174 valence electrons. The molecule has 9 heteroatoms. The van der Waals surface area contributed by atoms with Gasteiger partial charge < -0.3 is 24.3 Å². The summed E-state index contributed by atoms with van der Waals surface area (Å²) < 4.78 is 44.9. The van der Waals surface area contributed by atoms with Gasteiger partial charge in [0.1, 0.15) is 0 Å². The van der Waals surface area contributed by atoms with E-state index in [-0.39, 0.29) is 18.1 Å². The monoisotopic (exact) mass is 439 g/mol. The van der Waals surface area contributed by atoms with Crippen LogP contribution in [0.3, 0.4) is 0 Å². The number of sulfone groups is 1. The Kier molecular flexibility index (Phi) is 15.6. The van der Waals surface area contributed by atoms with Crippen molar-refractivity contribution >= 4 is 15.7 Å². The van der Waals surface area contributed by atoms with Crippen molar-refractivity contribution in [3.8, 4) is 0 Å². The second-order valence-electron chi connectivity index (χ2n) is 8.28. The van der Waals surface area contributed by atoms with Crippen LogP contribution in [0.25, 0.3) is 0 Å². The van der Waals surface area contributed by atoms with Crippen LogP contribution in [0, 0.1) is 5.41 Å². The number of rotatable bonds is 18. The van der Waals surface area contributed by atoms with Gasteiger partial charge in [-0.15, -0.1) is 0 Å². The van der Waals surface area contributed by atoms with E-state index >= 15 is 0 Å². The fourth-order valence-corrected chi connectivity index (χ4v) is 2.90. The Morgan fingerprint density at radius 3 is 1.72 bits per heavy atom. The molecule has 0 heterocycles. The van der Waals surface area contributed by atoms with Crippen LogP contribution in [0.15, 0.2) is 0 Å². The van der Waals surface area contributed by atoms with Gasteiger partial charge in [-0.1, -0.05) is 20.8 Å². The van der Waals surface area contributed by atoms with Gasteiger partial charge in [0.25, 0.3) is 0 Å². The highest BCUT2D eigenvalue weighted by atomic mass is 32.2. The van der Waals surface area contributed by atoms with Gasteiger partial charge in [-0.25, -0.2) is 8.42 Å². The lowest BCUT2D eigenvalue weighted by Gasteiger charge is -2.17. The lowest BCUT2D eigenvalue weighted by molar-refractivity contribution is -0.120. The number of ether oxygens (including phenoxy) is 4. The van der Waals surface area contributed by atoms with Gasteiger partial charge in [-0.2, -0.15) is 0 Å². The molecule has 8 nitrogen and oxygen atoms in total. The van der Waals surface area contributed by atoms with Gasteiger partial charge in [0, 0.05) is 19.6 Å². The lowest BCUT2D eigenvalue weighted by Crippen LogP contribution is -2.30. The van der Waals surface area contributed by atoms with Gasteiger partial charge in [-0.05, 0) is 25.7 Å². The molecule has 0 bridgehead atoms. The number of amides is 1. The molecule has 0 saturated carbocycles. The zero-order valence-electron chi connectivity index (χ0n) is 18.8. The molecule has 0 aromatic rings. The molecular weight excluding hydrogens is 398 g/mol. The Bertz CT molecular complexity index is 515. The zero-order chi connectivity index (χ0) is 22.2. The molecule has 0 aromatic carbocycles. The molecule has 0 aliphatic rings. The highest BCUT2D eigenvalue weighted by Crippen LogP contribution is 2.17. The standard InChI is InChI=1S/C20H41NO7S/c1-18(2)29(23,24)17-6-19(22)21-8-10-26-12-14-28-16-15-27-13-11-25-9-7-20(3,4)5/h18H,6-17H2,1-5H3,(H,21,22). The van der Waals surface area contributed by atoms with Gasteiger partial charge >= 0.3 is 0 Å². The molecule has 0 fully saturated rings. The quantitative estimate of drug-likeness (QED) is 0.325. The largest absolute Gasteiger partial charge is 0.379 e. The minimum absolute atomic E-state index is 0.0226. The number of hydrogen-bond donors (Lipinski definition) is 1. The summed E-state index contributed by atoms with van der Waals surface area (Å²) in [6.07, 6.45) is 1.01. The van der Waals surface area contributed by atoms with Gasteiger partial charge in [0.2, 0.25) is 5.91 Å². The molecule has 0 radical (unpaired) electrons. The smallest absolute Gasteiger partial charge is 0.221 e. The Labute approximate surface area is 176 Å². The van der Waals surface area contributed by atoms with Crippen LogP contribution in [0.1, 0.15) is 47.5 Å². The third kappa shape index (κ3) is 19.0. The molecule has 0 aliphatic carbocycles. The summed E-state index contributed by atoms with van der Waals surface area (Å²) in [5.74, 6) is -0.412. The first-order valence-corrected chi connectivity index (χ1v) is 12.1. The molecular formula is C20H41NO7S. The highest BCUT2D eigenvalue weighted by Gasteiger charge is 2.17. The molecule has 0 aromatic heterocycles. The van der Waals surface area contributed by atoms with E-state index in [1.54, 1.807) is 13.8 Å². The van der Waals surface area contributed by atoms with Crippen LogP contribution in [0.5, 0.6) is 0 Å². The van der Waals surface area contributed by atoms with Crippen LogP contribution in [0.4, 0.5) is 0 Å². The first-order chi connectivity index (χ1) is 13.5. The number of hydrogen-bond acceptors (Lipinski definition) is 7. The van der Waals surface area contributed by atoms with E-state index in [0.717, 1.165) is 13.0 Å². The first kappa shape index (κ1) is 28.3. The summed E-state index contributed by atoms with van der Waals surface area (Å²) >= 11 is 0. The summed E-state index contributed by atoms with van der Waals surface area (Å²) in [5, 5.41) is 2.18. The van der Waals surface area contributed by atoms with E-state index in [1.165, 1.54) is 0 Å². The van der Waals surface area contributed by atoms with Crippen molar-refractivity contribution in [1.29, 1.82) is 0 Å². The summed E-state index contributed by atoms with van der Waals surface area (Å²) in [4.78, 5) is 11.6. The maximum Gasteiger partial charge on any atom is 0.221 e. The van der Waals surface area contributed by atoms with Gasteiger partial charge in [0.15, 0.2) is 9.84 Å². The maximum absolute atomic E-state index is 11.6. The SMILES string of the molecule is CC(C)S(=O)(=O)CCC(=O)NCCOCCOCCOCCOCCC(C)(C)C. The topological polar surface area (TPSA) is 100 Å². The molecule has 29 heavy (non-hydrogen) atoms. The van der Waals surface area contributed by atoms with Crippen molar-refractivity contribution in [3.05, 3.63) is 0 Å². The summed E-state index contributed by atoms with van der Waals surface area (Å²) in [6, 6.07) is 0. The fraction of sp³-hybridized carbons (Fsp3) is 0.950. The van der Waals surface area contributed by atoms with E-state index in [4.69, 9.17) is 18.9 Å². The Morgan fingerprint density at radius 1 is 0.828 bits per heavy atom. The molecule has 0 rings (SSSR count). The van der Waals surface area contributed by atoms with Crippen LogP contribution < -0.4 is 5.32 Å². The third-order valence-electron chi connectivity index (χ3n) is 4.01. The summed E-state index contributed by atoms with van der Waals surface area (Å²) in [7, 11) is -3.18. The highest BCUT2D eigenvalue weighted by molar-refractivity contribution is 7.91. The van der Waals surface area contributed by atoms with Crippen molar-refractivity contribution < 1.29 is 32.2 Å². The average Bonchev–Trinajstić information content (AvgIpc) is 2.62. The minimum Gasteiger partial charge on any atom is -0.379 e. The molecule has 0 aliphatic heterocycles. The predicted octanol–water partition coefficient (Wildman–Crippen LogP) is 1.82. The van der Waals surface area contributed by atoms with E-state index in [1.807, 2.05) is 0 Å². The van der Waals surface area contributed by atoms with Crippen LogP contribution in [-0.4, -0.2) is 84.7 Å². The number of nitrogens with one attached hydrogen (secondary N) is 1. The molecule has 0 spiro atoms. The van der Waals surface area contributed by atoms with E-state index in [0.29, 0.717) is 58.2 Å². The van der Waals surface area contributed by atoms with E-state index in [2.05, 4.69) is 26.1 Å². The fourth-order valence-electron chi connectivity index (χ4n) is 1.96. The zero-order valence-corrected chi connectivity index (χ0v) is 19.6. The molecule has 0 atom stereocenters. The predicted molar refractivity (Wildman–Crippen MR) is 114 cm³/mol. The van der Waals surface area contributed by atoms with E-state index in [9.17, 15) is 13.2 Å². The first-order valence-electron chi connectivity index (χ1n) is 10.3.